The molecule has 192 valence electrons. The van der Waals surface area contributed by atoms with Gasteiger partial charge in [-0.2, -0.15) is 21.6 Å². The average molecular weight is 513 g/mol. The van der Waals surface area contributed by atoms with Crippen molar-refractivity contribution >= 4 is 28.1 Å². The summed E-state index contributed by atoms with van der Waals surface area (Å²) in [6.07, 6.45) is -6.74. The zero-order chi connectivity index (χ0) is 26.3. The first-order valence-electron chi connectivity index (χ1n) is 9.94. The molecule has 0 saturated carbocycles. The Bertz CT molecular complexity index is 988. The lowest BCUT2D eigenvalue weighted by molar-refractivity contribution is -0.144. The first kappa shape index (κ1) is 29.2. The van der Waals surface area contributed by atoms with Crippen molar-refractivity contribution in [3.8, 4) is 0 Å². The molecule has 3 N–H and O–H groups in total. The minimum atomic E-state index is -4.76. The van der Waals surface area contributed by atoms with Crippen molar-refractivity contribution in [2.45, 2.75) is 62.7 Å². The SMILES string of the molecule is CC(C)(C)OC(=O)NC(CC(CCCOS(=O)(=O)c1cccc(C(F)(F)F)c1)C(=O)O)C(=O)O. The minimum Gasteiger partial charge on any atom is -0.481 e. The van der Waals surface area contributed by atoms with E-state index in [0.29, 0.717) is 12.1 Å². The summed E-state index contributed by atoms with van der Waals surface area (Å²) in [5.74, 6) is -4.19. The Hall–Kier alpha value is -2.87. The van der Waals surface area contributed by atoms with Gasteiger partial charge in [0, 0.05) is 0 Å². The Morgan fingerprint density at radius 3 is 2.21 bits per heavy atom. The topological polar surface area (TPSA) is 156 Å². The van der Waals surface area contributed by atoms with E-state index in [0.717, 1.165) is 12.1 Å². The maximum absolute atomic E-state index is 12.8. The maximum Gasteiger partial charge on any atom is 0.416 e. The molecule has 10 nitrogen and oxygen atoms in total. The van der Waals surface area contributed by atoms with E-state index in [1.165, 1.54) is 0 Å². The number of nitrogens with one attached hydrogen (secondary N) is 1. The predicted molar refractivity (Wildman–Crippen MR) is 110 cm³/mol. The number of carboxylic acids is 2. The van der Waals surface area contributed by atoms with Crippen molar-refractivity contribution in [1.82, 2.24) is 5.32 Å². The van der Waals surface area contributed by atoms with E-state index in [9.17, 15) is 46.2 Å². The third-order valence-electron chi connectivity index (χ3n) is 4.24. The van der Waals surface area contributed by atoms with Crippen LogP contribution in [-0.2, 0) is 34.8 Å². The zero-order valence-electron chi connectivity index (χ0n) is 18.6. The van der Waals surface area contributed by atoms with E-state index in [-0.39, 0.29) is 12.8 Å². The maximum atomic E-state index is 12.8. The van der Waals surface area contributed by atoms with Crippen LogP contribution in [0.2, 0.25) is 0 Å². The number of carbonyl (C=O) groups excluding carboxylic acids is 1. The molecule has 0 aliphatic rings. The van der Waals surface area contributed by atoms with E-state index < -0.39 is 75.4 Å². The summed E-state index contributed by atoms with van der Waals surface area (Å²) in [7, 11) is -4.55. The highest BCUT2D eigenvalue weighted by molar-refractivity contribution is 7.86. The molecule has 0 radical (unpaired) electrons. The molecular formula is C20H26F3NO9S. The standard InChI is InChI=1S/C20H26F3NO9S/c1-19(2,3)33-18(29)24-15(17(27)28)10-12(16(25)26)6-5-9-32-34(30,31)14-8-4-7-13(11-14)20(21,22)23/h4,7-8,11-12,15H,5-6,9-10H2,1-3H3,(H,24,29)(H,25,26)(H,27,28). The molecule has 0 aromatic heterocycles. The lowest BCUT2D eigenvalue weighted by atomic mass is 9.95. The number of rotatable bonds is 11. The quantitative estimate of drug-likeness (QED) is 0.298. The summed E-state index contributed by atoms with van der Waals surface area (Å²) in [5, 5.41) is 20.7. The van der Waals surface area contributed by atoms with Gasteiger partial charge in [-0.25, -0.2) is 9.59 Å². The molecule has 1 amide bonds. The number of halogens is 3. The van der Waals surface area contributed by atoms with Gasteiger partial charge in [0.1, 0.15) is 11.6 Å². The molecule has 2 atom stereocenters. The fourth-order valence-corrected chi connectivity index (χ4v) is 3.68. The number of alkyl carbamates (subject to hydrolysis) is 1. The van der Waals surface area contributed by atoms with Gasteiger partial charge in [0.15, 0.2) is 0 Å². The third-order valence-corrected chi connectivity index (χ3v) is 5.55. The Labute approximate surface area is 194 Å². The molecule has 0 fully saturated rings. The monoisotopic (exact) mass is 513 g/mol. The molecule has 0 saturated heterocycles. The number of hydrogen-bond acceptors (Lipinski definition) is 7. The molecule has 0 heterocycles. The number of carboxylic acid groups (broad SMARTS) is 2. The third kappa shape index (κ3) is 9.95. The zero-order valence-corrected chi connectivity index (χ0v) is 19.4. The summed E-state index contributed by atoms with van der Waals surface area (Å²) in [5.41, 5.74) is -2.10. The van der Waals surface area contributed by atoms with Gasteiger partial charge in [0.2, 0.25) is 0 Å². The van der Waals surface area contributed by atoms with Crippen LogP contribution in [0.3, 0.4) is 0 Å². The van der Waals surface area contributed by atoms with Crippen LogP contribution >= 0.6 is 0 Å². The van der Waals surface area contributed by atoms with E-state index >= 15 is 0 Å². The Morgan fingerprint density at radius 2 is 1.71 bits per heavy atom. The smallest absolute Gasteiger partial charge is 0.416 e. The Morgan fingerprint density at radius 1 is 1.09 bits per heavy atom. The number of alkyl halides is 3. The van der Waals surface area contributed by atoms with Crippen molar-refractivity contribution in [1.29, 1.82) is 0 Å². The second-order valence-corrected chi connectivity index (χ2v) is 9.87. The van der Waals surface area contributed by atoms with Crippen LogP contribution in [0.1, 0.15) is 45.6 Å². The van der Waals surface area contributed by atoms with Gasteiger partial charge in [-0.15, -0.1) is 0 Å². The molecule has 0 bridgehead atoms. The molecule has 0 aliphatic heterocycles. The van der Waals surface area contributed by atoms with Crippen molar-refractivity contribution < 1.29 is 55.1 Å². The van der Waals surface area contributed by atoms with E-state index in [1.54, 1.807) is 20.8 Å². The van der Waals surface area contributed by atoms with Crippen molar-refractivity contribution in [2.75, 3.05) is 6.61 Å². The van der Waals surface area contributed by atoms with Gasteiger partial charge in [-0.1, -0.05) is 6.07 Å². The number of benzene rings is 1. The van der Waals surface area contributed by atoms with Crippen molar-refractivity contribution in [2.24, 2.45) is 5.92 Å². The van der Waals surface area contributed by atoms with Gasteiger partial charge in [0.05, 0.1) is 23.0 Å². The molecule has 1 rings (SSSR count). The van der Waals surface area contributed by atoms with Gasteiger partial charge in [0.25, 0.3) is 10.1 Å². The minimum absolute atomic E-state index is 0.173. The van der Waals surface area contributed by atoms with Crippen molar-refractivity contribution in [3.05, 3.63) is 29.8 Å². The summed E-state index contributed by atoms with van der Waals surface area (Å²) in [4.78, 5) is 34.0. The van der Waals surface area contributed by atoms with Gasteiger partial charge < -0.3 is 20.3 Å². The number of carbonyl (C=O) groups is 3. The van der Waals surface area contributed by atoms with Crippen LogP contribution in [0, 0.1) is 5.92 Å². The first-order chi connectivity index (χ1) is 15.4. The molecule has 34 heavy (non-hydrogen) atoms. The largest absolute Gasteiger partial charge is 0.481 e. The van der Waals surface area contributed by atoms with Crippen LogP contribution in [0.5, 0.6) is 0 Å². The highest BCUT2D eigenvalue weighted by atomic mass is 32.2. The number of hydrogen-bond donors (Lipinski definition) is 3. The average Bonchev–Trinajstić information content (AvgIpc) is 2.67. The van der Waals surface area contributed by atoms with Crippen molar-refractivity contribution in [3.63, 3.8) is 0 Å². The summed E-state index contributed by atoms with van der Waals surface area (Å²) >= 11 is 0. The fourth-order valence-electron chi connectivity index (χ4n) is 2.69. The Balaban J connectivity index is 2.73. The van der Waals surface area contributed by atoms with Gasteiger partial charge in [-0.3, -0.25) is 8.98 Å². The molecular weight excluding hydrogens is 487 g/mol. The molecule has 1 aromatic rings. The van der Waals surface area contributed by atoms with Crippen LogP contribution in [0.15, 0.2) is 29.2 Å². The highest BCUT2D eigenvalue weighted by Gasteiger charge is 2.32. The molecule has 1 aromatic carbocycles. The lowest BCUT2D eigenvalue weighted by Gasteiger charge is -2.23. The summed E-state index contributed by atoms with van der Waals surface area (Å²) in [6.45, 7) is 4.10. The molecule has 2 unspecified atom stereocenters. The van der Waals surface area contributed by atoms with Crippen LogP contribution in [-0.4, -0.2) is 54.9 Å². The normalized spacial score (nSPS) is 14.2. The van der Waals surface area contributed by atoms with Crippen LogP contribution in [0.25, 0.3) is 0 Å². The predicted octanol–water partition coefficient (Wildman–Crippen LogP) is 3.26. The number of aliphatic carboxylic acids is 2. The molecule has 0 spiro atoms. The molecule has 14 heteroatoms. The van der Waals surface area contributed by atoms with E-state index in [1.807, 2.05) is 0 Å². The van der Waals surface area contributed by atoms with Gasteiger partial charge >= 0.3 is 24.2 Å². The van der Waals surface area contributed by atoms with Crippen LogP contribution in [0.4, 0.5) is 18.0 Å². The summed E-state index contributed by atoms with van der Waals surface area (Å²) in [6, 6.07) is 1.34. The highest BCUT2D eigenvalue weighted by Crippen LogP contribution is 2.30. The number of amides is 1. The second-order valence-electron chi connectivity index (χ2n) is 8.25. The number of ether oxygens (including phenoxy) is 1. The van der Waals surface area contributed by atoms with Gasteiger partial charge in [-0.05, 0) is 58.2 Å². The molecule has 0 aliphatic carbocycles. The fraction of sp³-hybridized carbons (Fsp3) is 0.550. The Kier molecular flexibility index (Phi) is 9.87. The summed E-state index contributed by atoms with van der Waals surface area (Å²) < 4.78 is 72.3. The first-order valence-corrected chi connectivity index (χ1v) is 11.3. The lowest BCUT2D eigenvalue weighted by Crippen LogP contribution is -2.45. The second kappa shape index (κ2) is 11.5. The van der Waals surface area contributed by atoms with Crippen LogP contribution < -0.4 is 5.32 Å². The van der Waals surface area contributed by atoms with E-state index in [2.05, 4.69) is 5.32 Å². The van der Waals surface area contributed by atoms with E-state index in [4.69, 9.17) is 8.92 Å².